The molecule has 0 aliphatic carbocycles. The third kappa shape index (κ3) is 9.05. The van der Waals surface area contributed by atoms with Gasteiger partial charge in [-0.15, -0.1) is 0 Å². The average Bonchev–Trinajstić information content (AvgIpc) is 3.02. The molecular formula is C32H24F2O10. The van der Waals surface area contributed by atoms with E-state index in [2.05, 4.69) is 22.6 Å². The SMILES string of the molecule is C=C(F)C(=O)OCOc1ccc(OCOc2ccc3cc(OC(=O)c4ccc(OCOC(=O)C(=C)F)cc4)ccc3c2)cc1. The monoisotopic (exact) mass is 606 g/mol. The molecule has 0 heterocycles. The molecular weight excluding hydrogens is 582 g/mol. The Balaban J connectivity index is 1.23. The van der Waals surface area contributed by atoms with Gasteiger partial charge in [-0.05, 0) is 83.6 Å². The van der Waals surface area contributed by atoms with E-state index in [9.17, 15) is 23.2 Å². The normalized spacial score (nSPS) is 10.3. The van der Waals surface area contributed by atoms with Crippen LogP contribution in [0.1, 0.15) is 10.4 Å². The maximum atomic E-state index is 12.6. The Labute approximate surface area is 249 Å². The van der Waals surface area contributed by atoms with Crippen molar-refractivity contribution in [1.29, 1.82) is 0 Å². The van der Waals surface area contributed by atoms with Crippen LogP contribution in [0, 0.1) is 0 Å². The van der Waals surface area contributed by atoms with Crippen molar-refractivity contribution in [3.63, 3.8) is 0 Å². The molecule has 0 unspecified atom stereocenters. The number of carbonyl (C=O) groups excluding carboxylic acids is 3. The minimum absolute atomic E-state index is 0.0833. The van der Waals surface area contributed by atoms with Gasteiger partial charge in [0.25, 0.3) is 0 Å². The highest BCUT2D eigenvalue weighted by Crippen LogP contribution is 2.26. The molecule has 12 heteroatoms. The van der Waals surface area contributed by atoms with E-state index in [4.69, 9.17) is 23.7 Å². The Morgan fingerprint density at radius 2 is 0.909 bits per heavy atom. The molecule has 4 aromatic rings. The van der Waals surface area contributed by atoms with Crippen molar-refractivity contribution < 1.29 is 56.3 Å². The molecule has 0 aromatic heterocycles. The van der Waals surface area contributed by atoms with Gasteiger partial charge in [0.2, 0.25) is 32.0 Å². The first kappa shape index (κ1) is 31.0. The lowest BCUT2D eigenvalue weighted by atomic mass is 10.1. The van der Waals surface area contributed by atoms with Crippen LogP contribution in [0.3, 0.4) is 0 Å². The second kappa shape index (κ2) is 14.8. The van der Waals surface area contributed by atoms with Gasteiger partial charge in [0.1, 0.15) is 28.7 Å². The molecule has 0 radical (unpaired) electrons. The molecule has 226 valence electrons. The van der Waals surface area contributed by atoms with E-state index in [1.54, 1.807) is 60.7 Å². The standard InChI is InChI=1S/C32H24F2O10/c1-20(33)30(35)42-18-39-25-7-3-22(4-8-25)32(37)44-29-10-6-23-15-28(9-5-24(23)16-29)41-17-38-26-11-13-27(14-12-26)40-19-43-31(36)21(2)34/h3-16H,1-2,17-19H2. The number of carbonyl (C=O) groups is 3. The van der Waals surface area contributed by atoms with Crippen molar-refractivity contribution in [2.45, 2.75) is 0 Å². The summed E-state index contributed by atoms with van der Waals surface area (Å²) in [6.45, 7) is 4.59. The number of hydrogen-bond donors (Lipinski definition) is 0. The van der Waals surface area contributed by atoms with E-state index < -0.39 is 43.1 Å². The van der Waals surface area contributed by atoms with Crippen LogP contribution >= 0.6 is 0 Å². The van der Waals surface area contributed by atoms with Gasteiger partial charge >= 0.3 is 17.9 Å². The van der Waals surface area contributed by atoms with Gasteiger partial charge in [-0.25, -0.2) is 14.4 Å². The fraction of sp³-hybridized carbons (Fsp3) is 0.0938. The maximum absolute atomic E-state index is 12.6. The molecule has 0 aliphatic rings. The summed E-state index contributed by atoms with van der Waals surface area (Å²) in [7, 11) is 0. The first-order valence-corrected chi connectivity index (χ1v) is 12.7. The zero-order valence-electron chi connectivity index (χ0n) is 23.0. The summed E-state index contributed by atoms with van der Waals surface area (Å²) in [5.74, 6) is -3.42. The molecule has 0 spiro atoms. The molecule has 0 amide bonds. The largest absolute Gasteiger partial charge is 0.457 e. The minimum atomic E-state index is -1.23. The van der Waals surface area contributed by atoms with Gasteiger partial charge in [-0.2, -0.15) is 8.78 Å². The molecule has 10 nitrogen and oxygen atoms in total. The van der Waals surface area contributed by atoms with Crippen LogP contribution in [-0.4, -0.2) is 38.3 Å². The summed E-state index contributed by atoms with van der Waals surface area (Å²) >= 11 is 0. The smallest absolute Gasteiger partial charge is 0.369 e. The van der Waals surface area contributed by atoms with E-state index in [0.717, 1.165) is 10.8 Å². The van der Waals surface area contributed by atoms with Crippen molar-refractivity contribution in [2.75, 3.05) is 20.4 Å². The zero-order chi connectivity index (χ0) is 31.5. The topological polar surface area (TPSA) is 116 Å². The summed E-state index contributed by atoms with van der Waals surface area (Å²) < 4.78 is 61.3. The fourth-order valence-electron chi connectivity index (χ4n) is 3.46. The van der Waals surface area contributed by atoms with E-state index in [0.29, 0.717) is 28.7 Å². The van der Waals surface area contributed by atoms with Crippen molar-refractivity contribution in [3.8, 4) is 28.7 Å². The summed E-state index contributed by atoms with van der Waals surface area (Å²) in [5, 5.41) is 1.63. The maximum Gasteiger partial charge on any atom is 0.369 e. The van der Waals surface area contributed by atoms with Crippen LogP contribution in [0.15, 0.2) is 110 Å². The molecule has 0 fully saturated rings. The first-order chi connectivity index (χ1) is 21.2. The number of hydrogen-bond acceptors (Lipinski definition) is 10. The van der Waals surface area contributed by atoms with Gasteiger partial charge in [0, 0.05) is 0 Å². The van der Waals surface area contributed by atoms with Crippen molar-refractivity contribution in [3.05, 3.63) is 115 Å². The minimum Gasteiger partial charge on any atom is -0.457 e. The van der Waals surface area contributed by atoms with Crippen LogP contribution in [0.2, 0.25) is 0 Å². The molecule has 0 atom stereocenters. The molecule has 0 saturated heterocycles. The van der Waals surface area contributed by atoms with E-state index in [1.165, 1.54) is 24.3 Å². The molecule has 44 heavy (non-hydrogen) atoms. The number of halogens is 2. The fourth-order valence-corrected chi connectivity index (χ4v) is 3.46. The Hall–Kier alpha value is -5.91. The highest BCUT2D eigenvalue weighted by Gasteiger charge is 2.11. The molecule has 0 saturated carbocycles. The van der Waals surface area contributed by atoms with Crippen LogP contribution < -0.4 is 23.7 Å². The number of benzene rings is 4. The Morgan fingerprint density at radius 1 is 0.523 bits per heavy atom. The molecule has 0 N–H and O–H groups in total. The van der Waals surface area contributed by atoms with Gasteiger partial charge in [-0.1, -0.05) is 25.3 Å². The summed E-state index contributed by atoms with van der Waals surface area (Å²) in [4.78, 5) is 34.6. The Morgan fingerprint density at radius 3 is 1.41 bits per heavy atom. The Kier molecular flexibility index (Phi) is 10.5. The number of ether oxygens (including phenoxy) is 7. The lowest BCUT2D eigenvalue weighted by Gasteiger charge is -2.11. The third-order valence-corrected chi connectivity index (χ3v) is 5.63. The van der Waals surface area contributed by atoms with Crippen molar-refractivity contribution >= 4 is 28.7 Å². The van der Waals surface area contributed by atoms with Crippen molar-refractivity contribution in [2.24, 2.45) is 0 Å². The van der Waals surface area contributed by atoms with Gasteiger partial charge in [0.15, 0.2) is 0 Å². The predicted octanol–water partition coefficient (Wildman–Crippen LogP) is 6.20. The second-order valence-electron chi connectivity index (χ2n) is 8.66. The van der Waals surface area contributed by atoms with Gasteiger partial charge < -0.3 is 33.2 Å². The van der Waals surface area contributed by atoms with Crippen LogP contribution in [0.4, 0.5) is 8.78 Å². The number of esters is 3. The average molecular weight is 607 g/mol. The number of fused-ring (bicyclic) bond motifs is 1. The van der Waals surface area contributed by atoms with Gasteiger partial charge in [0.05, 0.1) is 5.56 Å². The van der Waals surface area contributed by atoms with Crippen LogP contribution in [-0.2, 0) is 19.1 Å². The molecule has 0 aliphatic heterocycles. The second-order valence-corrected chi connectivity index (χ2v) is 8.66. The highest BCUT2D eigenvalue weighted by molar-refractivity contribution is 5.92. The number of rotatable bonds is 14. The highest BCUT2D eigenvalue weighted by atomic mass is 19.1. The van der Waals surface area contributed by atoms with Crippen molar-refractivity contribution in [1.82, 2.24) is 0 Å². The lowest BCUT2D eigenvalue weighted by Crippen LogP contribution is -2.11. The zero-order valence-corrected chi connectivity index (χ0v) is 23.0. The van der Waals surface area contributed by atoms with Crippen LogP contribution in [0.5, 0.6) is 28.7 Å². The quantitative estimate of drug-likeness (QED) is 0.0711. The lowest BCUT2D eigenvalue weighted by molar-refractivity contribution is -0.148. The third-order valence-electron chi connectivity index (χ3n) is 5.63. The predicted molar refractivity (Wildman–Crippen MR) is 152 cm³/mol. The van der Waals surface area contributed by atoms with E-state index in [1.807, 2.05) is 0 Å². The summed E-state index contributed by atoms with van der Waals surface area (Å²) in [6, 6.07) is 22.7. The molecule has 4 rings (SSSR count). The first-order valence-electron chi connectivity index (χ1n) is 12.7. The van der Waals surface area contributed by atoms with Gasteiger partial charge in [-0.3, -0.25) is 0 Å². The summed E-state index contributed by atoms with van der Waals surface area (Å²) in [5.41, 5.74) is 0.253. The summed E-state index contributed by atoms with van der Waals surface area (Å²) in [6.07, 6.45) is 0. The van der Waals surface area contributed by atoms with E-state index >= 15 is 0 Å². The van der Waals surface area contributed by atoms with E-state index in [-0.39, 0.29) is 12.4 Å². The molecule has 0 bridgehead atoms. The Bertz CT molecular complexity index is 1670. The molecule has 4 aromatic carbocycles. The van der Waals surface area contributed by atoms with Crippen LogP contribution in [0.25, 0.3) is 10.8 Å².